The number of hydrogen-bond donors (Lipinski definition) is 1. The zero-order chi connectivity index (χ0) is 17.2. The summed E-state index contributed by atoms with van der Waals surface area (Å²) >= 11 is 0. The van der Waals surface area contributed by atoms with Crippen LogP contribution in [0, 0.1) is 19.3 Å². The molecule has 2 N–H and O–H groups in total. The lowest BCUT2D eigenvalue weighted by Crippen LogP contribution is -2.39. The Hall–Kier alpha value is -1.29. The zero-order valence-electron chi connectivity index (χ0n) is 15.5. The molecule has 1 saturated carbocycles. The summed E-state index contributed by atoms with van der Waals surface area (Å²) in [5, 5.41) is 0. The van der Waals surface area contributed by atoms with Gasteiger partial charge in [-0.25, -0.2) is 0 Å². The maximum absolute atomic E-state index is 12.9. The van der Waals surface area contributed by atoms with Crippen LogP contribution in [-0.2, 0) is 0 Å². The highest BCUT2D eigenvalue weighted by Crippen LogP contribution is 2.32. The molecule has 0 atom stereocenters. The van der Waals surface area contributed by atoms with Crippen molar-refractivity contribution in [3.8, 4) is 0 Å². The van der Waals surface area contributed by atoms with Crippen molar-refractivity contribution in [2.24, 2.45) is 11.1 Å². The molecule has 1 aliphatic rings. The fourth-order valence-corrected chi connectivity index (χ4v) is 3.88. The number of aromatic nitrogens is 1. The lowest BCUT2D eigenvalue weighted by molar-refractivity contribution is 0.0739. The van der Waals surface area contributed by atoms with Crippen molar-refractivity contribution in [3.63, 3.8) is 0 Å². The second-order valence-corrected chi connectivity index (χ2v) is 7.98. The molecule has 1 aliphatic carbocycles. The number of carbonyl (C=O) groups is 1. The number of nitrogens with zero attached hydrogens (tertiary/aromatic N) is 2. The summed E-state index contributed by atoms with van der Waals surface area (Å²) in [7, 11) is 1.88. The van der Waals surface area contributed by atoms with Gasteiger partial charge in [0.05, 0.1) is 5.56 Å². The molecule has 1 fully saturated rings. The summed E-state index contributed by atoms with van der Waals surface area (Å²) in [6.07, 6.45) is 6.42. The molecule has 4 nitrogen and oxygen atoms in total. The Labute approximate surface area is 141 Å². The van der Waals surface area contributed by atoms with Gasteiger partial charge in [-0.15, -0.1) is 0 Å². The van der Waals surface area contributed by atoms with Crippen LogP contribution in [0.4, 0.5) is 0 Å². The number of hydrogen-bond acceptors (Lipinski definition) is 2. The van der Waals surface area contributed by atoms with Gasteiger partial charge in [0.15, 0.2) is 0 Å². The number of carbonyl (C=O) groups excluding carboxylic acids is 1. The van der Waals surface area contributed by atoms with E-state index >= 15 is 0 Å². The molecule has 0 unspecified atom stereocenters. The minimum atomic E-state index is -0.0563. The largest absolute Gasteiger partial charge is 0.345 e. The third-order valence-corrected chi connectivity index (χ3v) is 5.22. The predicted molar refractivity (Wildman–Crippen MR) is 95.8 cm³/mol. The standard InChI is InChI=1S/C19H33N3O/c1-14-11-17(18(23)21(5)13-19(3,4)12-20)15(2)22(14)16-9-7-6-8-10-16/h11,16H,6-10,12-13,20H2,1-5H3. The maximum atomic E-state index is 12.9. The topological polar surface area (TPSA) is 51.3 Å². The van der Waals surface area contributed by atoms with Gasteiger partial charge in [-0.3, -0.25) is 4.79 Å². The molecule has 0 spiro atoms. The Balaban J connectivity index is 2.21. The van der Waals surface area contributed by atoms with Crippen molar-refractivity contribution in [1.82, 2.24) is 9.47 Å². The van der Waals surface area contributed by atoms with E-state index in [2.05, 4.69) is 38.3 Å². The van der Waals surface area contributed by atoms with E-state index < -0.39 is 0 Å². The van der Waals surface area contributed by atoms with E-state index in [0.717, 1.165) is 11.3 Å². The second-order valence-electron chi connectivity index (χ2n) is 7.98. The molecule has 0 aromatic carbocycles. The van der Waals surface area contributed by atoms with Gasteiger partial charge >= 0.3 is 0 Å². The second kappa shape index (κ2) is 7.08. The highest BCUT2D eigenvalue weighted by Gasteiger charge is 2.26. The smallest absolute Gasteiger partial charge is 0.255 e. The number of aryl methyl sites for hydroxylation is 1. The minimum absolute atomic E-state index is 0.0563. The Bertz CT molecular complexity index is 553. The highest BCUT2D eigenvalue weighted by atomic mass is 16.2. The first-order valence-electron chi connectivity index (χ1n) is 8.91. The monoisotopic (exact) mass is 319 g/mol. The van der Waals surface area contributed by atoms with Crippen LogP contribution in [0.1, 0.15) is 73.7 Å². The summed E-state index contributed by atoms with van der Waals surface area (Å²) in [5.41, 5.74) is 8.94. The first kappa shape index (κ1) is 18.1. The van der Waals surface area contributed by atoms with Crippen molar-refractivity contribution < 1.29 is 4.79 Å². The van der Waals surface area contributed by atoms with Crippen LogP contribution in [-0.4, -0.2) is 35.5 Å². The molecule has 0 bridgehead atoms. The summed E-state index contributed by atoms with van der Waals surface area (Å²) in [6, 6.07) is 2.63. The van der Waals surface area contributed by atoms with E-state index in [1.807, 2.05) is 11.9 Å². The van der Waals surface area contributed by atoms with Gasteiger partial charge in [-0.1, -0.05) is 33.1 Å². The van der Waals surface area contributed by atoms with Gasteiger partial charge in [0, 0.05) is 31.0 Å². The molecule has 0 radical (unpaired) electrons. The summed E-state index contributed by atoms with van der Waals surface area (Å²) in [4.78, 5) is 14.7. The van der Waals surface area contributed by atoms with Crippen LogP contribution in [0.2, 0.25) is 0 Å². The maximum Gasteiger partial charge on any atom is 0.255 e. The molecule has 1 aromatic heterocycles. The number of nitrogens with two attached hydrogens (primary N) is 1. The average Bonchev–Trinajstić information content (AvgIpc) is 2.81. The van der Waals surface area contributed by atoms with Crippen molar-refractivity contribution in [1.29, 1.82) is 0 Å². The number of amides is 1. The first-order valence-corrected chi connectivity index (χ1v) is 8.91. The minimum Gasteiger partial charge on any atom is -0.345 e. The van der Waals surface area contributed by atoms with Crippen molar-refractivity contribution in [2.45, 2.75) is 65.8 Å². The SMILES string of the molecule is Cc1cc(C(=O)N(C)CC(C)(C)CN)c(C)n1C1CCCCC1. The lowest BCUT2D eigenvalue weighted by atomic mass is 9.93. The van der Waals surface area contributed by atoms with Crippen LogP contribution in [0.3, 0.4) is 0 Å². The quantitative estimate of drug-likeness (QED) is 0.900. The Kier molecular flexibility index (Phi) is 5.56. The normalized spacial score (nSPS) is 16.6. The Morgan fingerprint density at radius 2 is 1.91 bits per heavy atom. The average molecular weight is 319 g/mol. The molecule has 23 heavy (non-hydrogen) atoms. The van der Waals surface area contributed by atoms with E-state index in [1.54, 1.807) is 0 Å². The van der Waals surface area contributed by atoms with E-state index in [1.165, 1.54) is 37.8 Å². The molecule has 1 aromatic rings. The van der Waals surface area contributed by atoms with E-state index in [-0.39, 0.29) is 11.3 Å². The zero-order valence-corrected chi connectivity index (χ0v) is 15.5. The fraction of sp³-hybridized carbons (Fsp3) is 0.737. The Morgan fingerprint density at radius 3 is 2.48 bits per heavy atom. The molecule has 4 heteroatoms. The van der Waals surface area contributed by atoms with Crippen LogP contribution >= 0.6 is 0 Å². The van der Waals surface area contributed by atoms with Gasteiger partial charge in [-0.2, -0.15) is 0 Å². The van der Waals surface area contributed by atoms with Gasteiger partial charge in [0.25, 0.3) is 5.91 Å². The van der Waals surface area contributed by atoms with Crippen LogP contribution in [0.5, 0.6) is 0 Å². The van der Waals surface area contributed by atoms with Gasteiger partial charge in [0.1, 0.15) is 0 Å². The summed E-state index contributed by atoms with van der Waals surface area (Å²) < 4.78 is 2.40. The van der Waals surface area contributed by atoms with Crippen molar-refractivity contribution in [3.05, 3.63) is 23.0 Å². The van der Waals surface area contributed by atoms with Crippen LogP contribution in [0.25, 0.3) is 0 Å². The van der Waals surface area contributed by atoms with Crippen LogP contribution < -0.4 is 5.73 Å². The molecule has 1 amide bonds. The van der Waals surface area contributed by atoms with Gasteiger partial charge < -0.3 is 15.2 Å². The molecule has 0 aliphatic heterocycles. The van der Waals surface area contributed by atoms with Crippen molar-refractivity contribution in [2.75, 3.05) is 20.1 Å². The molecule has 0 saturated heterocycles. The molecule has 130 valence electrons. The van der Waals surface area contributed by atoms with Crippen LogP contribution in [0.15, 0.2) is 6.07 Å². The molecule has 1 heterocycles. The lowest BCUT2D eigenvalue weighted by Gasteiger charge is -2.29. The highest BCUT2D eigenvalue weighted by molar-refractivity contribution is 5.95. The van der Waals surface area contributed by atoms with Gasteiger partial charge in [0.2, 0.25) is 0 Å². The van der Waals surface area contributed by atoms with Crippen molar-refractivity contribution >= 4 is 5.91 Å². The van der Waals surface area contributed by atoms with E-state index in [9.17, 15) is 4.79 Å². The molecular formula is C19H33N3O. The third kappa shape index (κ3) is 3.97. The summed E-state index contributed by atoms with van der Waals surface area (Å²) in [5.74, 6) is 0.113. The third-order valence-electron chi connectivity index (χ3n) is 5.22. The van der Waals surface area contributed by atoms with E-state index in [4.69, 9.17) is 5.73 Å². The summed E-state index contributed by atoms with van der Waals surface area (Å²) in [6.45, 7) is 9.67. The van der Waals surface area contributed by atoms with Gasteiger partial charge in [-0.05, 0) is 44.7 Å². The van der Waals surface area contributed by atoms with E-state index in [0.29, 0.717) is 19.1 Å². The molecule has 2 rings (SSSR count). The first-order chi connectivity index (χ1) is 10.8. The molecular weight excluding hydrogens is 286 g/mol. The number of rotatable bonds is 5. The Morgan fingerprint density at radius 1 is 1.30 bits per heavy atom. The fourth-order valence-electron chi connectivity index (χ4n) is 3.88. The predicted octanol–water partition coefficient (Wildman–Crippen LogP) is 3.67.